The Balaban J connectivity index is 4.19. The fourth-order valence-electron chi connectivity index (χ4n) is 1.13. The Hall–Kier alpha value is -0.620. The molecular formula is C9H19NO4S. The molecule has 0 radical (unpaired) electrons. The lowest BCUT2D eigenvalue weighted by Gasteiger charge is -2.12. The molecule has 0 heterocycles. The Bertz CT molecular complexity index is 297. The average molecular weight is 237 g/mol. The van der Waals surface area contributed by atoms with Crippen LogP contribution in [0.4, 0.5) is 0 Å². The third-order valence-electron chi connectivity index (χ3n) is 1.94. The second-order valence-electron chi connectivity index (χ2n) is 3.97. The van der Waals surface area contributed by atoms with Crippen LogP contribution in [-0.2, 0) is 14.8 Å². The molecule has 0 bridgehead atoms. The van der Waals surface area contributed by atoms with Gasteiger partial charge >= 0.3 is 5.97 Å². The number of carboxylic acid groups (broad SMARTS) is 1. The number of carbonyl (C=O) groups is 1. The highest BCUT2D eigenvalue weighted by molar-refractivity contribution is 7.89. The molecule has 0 fully saturated rings. The number of sulfonamides is 1. The first-order valence-corrected chi connectivity index (χ1v) is 6.63. The largest absolute Gasteiger partial charge is 0.481 e. The fourth-order valence-corrected chi connectivity index (χ4v) is 2.58. The van der Waals surface area contributed by atoms with Crippen LogP contribution in [0.25, 0.3) is 0 Å². The molecule has 15 heavy (non-hydrogen) atoms. The van der Waals surface area contributed by atoms with Crippen LogP contribution < -0.4 is 4.72 Å². The second kappa shape index (κ2) is 6.07. The fraction of sp³-hybridized carbons (Fsp3) is 0.889. The molecule has 0 aromatic carbocycles. The Labute approximate surface area is 90.9 Å². The number of carboxylic acids is 1. The molecular weight excluding hydrogens is 218 g/mol. The van der Waals surface area contributed by atoms with E-state index < -0.39 is 21.9 Å². The van der Waals surface area contributed by atoms with Gasteiger partial charge in [-0.25, -0.2) is 13.1 Å². The van der Waals surface area contributed by atoms with Crippen molar-refractivity contribution in [1.29, 1.82) is 0 Å². The van der Waals surface area contributed by atoms with E-state index in [1.54, 1.807) is 20.8 Å². The van der Waals surface area contributed by atoms with Crippen molar-refractivity contribution in [3.8, 4) is 0 Å². The molecule has 0 saturated carbocycles. The SMILES string of the molecule is CCC(CNS(=O)(=O)CC(C)C)C(=O)O. The van der Waals surface area contributed by atoms with Crippen LogP contribution in [-0.4, -0.2) is 31.8 Å². The standard InChI is InChI=1S/C9H19NO4S/c1-4-8(9(11)12)5-10-15(13,14)6-7(2)3/h7-8,10H,4-6H2,1-3H3,(H,11,12). The number of hydrogen-bond donors (Lipinski definition) is 2. The first-order chi connectivity index (χ1) is 6.78. The molecule has 0 rings (SSSR count). The first-order valence-electron chi connectivity index (χ1n) is 4.98. The van der Waals surface area contributed by atoms with Crippen LogP contribution >= 0.6 is 0 Å². The van der Waals surface area contributed by atoms with Crippen molar-refractivity contribution in [2.45, 2.75) is 27.2 Å². The average Bonchev–Trinajstić information content (AvgIpc) is 2.01. The van der Waals surface area contributed by atoms with Crippen LogP contribution in [0.15, 0.2) is 0 Å². The third-order valence-corrected chi connectivity index (χ3v) is 3.66. The molecule has 2 N–H and O–H groups in total. The van der Waals surface area contributed by atoms with Gasteiger partial charge in [0.25, 0.3) is 0 Å². The molecule has 1 atom stereocenters. The van der Waals surface area contributed by atoms with Crippen LogP contribution in [0.3, 0.4) is 0 Å². The van der Waals surface area contributed by atoms with Crippen molar-refractivity contribution < 1.29 is 18.3 Å². The van der Waals surface area contributed by atoms with Crippen molar-refractivity contribution in [1.82, 2.24) is 4.72 Å². The molecule has 1 unspecified atom stereocenters. The monoisotopic (exact) mass is 237 g/mol. The summed E-state index contributed by atoms with van der Waals surface area (Å²) in [6.45, 7) is 5.29. The van der Waals surface area contributed by atoms with Crippen molar-refractivity contribution >= 4 is 16.0 Å². The Morgan fingerprint density at radius 1 is 1.40 bits per heavy atom. The molecule has 0 aromatic rings. The Morgan fingerprint density at radius 2 is 1.93 bits per heavy atom. The van der Waals surface area contributed by atoms with Gasteiger partial charge < -0.3 is 5.11 Å². The highest BCUT2D eigenvalue weighted by Gasteiger charge is 2.19. The van der Waals surface area contributed by atoms with Crippen molar-refractivity contribution in [2.24, 2.45) is 11.8 Å². The quantitative estimate of drug-likeness (QED) is 0.681. The lowest BCUT2D eigenvalue weighted by molar-refractivity contribution is -0.141. The number of rotatable bonds is 7. The van der Waals surface area contributed by atoms with Gasteiger partial charge in [0.2, 0.25) is 10.0 Å². The zero-order chi connectivity index (χ0) is 12.1. The predicted octanol–water partition coefficient (Wildman–Crippen LogP) is 0.673. The summed E-state index contributed by atoms with van der Waals surface area (Å²) in [5.74, 6) is -1.55. The highest BCUT2D eigenvalue weighted by atomic mass is 32.2. The van der Waals surface area contributed by atoms with Gasteiger partial charge in [-0.2, -0.15) is 0 Å². The van der Waals surface area contributed by atoms with Gasteiger partial charge in [-0.1, -0.05) is 20.8 Å². The lowest BCUT2D eigenvalue weighted by atomic mass is 10.1. The molecule has 90 valence electrons. The van der Waals surface area contributed by atoms with Gasteiger partial charge in [-0.3, -0.25) is 4.79 Å². The molecule has 0 aromatic heterocycles. The maximum absolute atomic E-state index is 11.4. The van der Waals surface area contributed by atoms with E-state index in [9.17, 15) is 13.2 Å². The van der Waals surface area contributed by atoms with Gasteiger partial charge in [0.05, 0.1) is 11.7 Å². The van der Waals surface area contributed by atoms with Crippen LogP contribution in [0.2, 0.25) is 0 Å². The summed E-state index contributed by atoms with van der Waals surface area (Å²) in [6.07, 6.45) is 0.416. The van der Waals surface area contributed by atoms with Crippen molar-refractivity contribution in [3.63, 3.8) is 0 Å². The van der Waals surface area contributed by atoms with E-state index in [0.29, 0.717) is 6.42 Å². The maximum atomic E-state index is 11.4. The minimum absolute atomic E-state index is 0.0269. The van der Waals surface area contributed by atoms with E-state index in [0.717, 1.165) is 0 Å². The summed E-state index contributed by atoms with van der Waals surface area (Å²) in [7, 11) is -3.33. The zero-order valence-electron chi connectivity index (χ0n) is 9.36. The number of hydrogen-bond acceptors (Lipinski definition) is 3. The third kappa shape index (κ3) is 6.46. The predicted molar refractivity (Wildman–Crippen MR) is 58.0 cm³/mol. The molecule has 5 nitrogen and oxygen atoms in total. The summed E-state index contributed by atoms with van der Waals surface area (Å²) < 4.78 is 25.1. The normalized spacial score (nSPS) is 14.1. The Kier molecular flexibility index (Phi) is 5.82. The van der Waals surface area contributed by atoms with E-state index in [2.05, 4.69) is 4.72 Å². The summed E-state index contributed by atoms with van der Waals surface area (Å²) in [5, 5.41) is 8.72. The molecule has 0 spiro atoms. The van der Waals surface area contributed by atoms with E-state index in [-0.39, 0.29) is 18.2 Å². The number of nitrogens with one attached hydrogen (secondary N) is 1. The van der Waals surface area contributed by atoms with Gasteiger partial charge in [0, 0.05) is 6.54 Å². The van der Waals surface area contributed by atoms with Gasteiger partial charge in [-0.15, -0.1) is 0 Å². The van der Waals surface area contributed by atoms with Gasteiger partial charge in [-0.05, 0) is 12.3 Å². The van der Waals surface area contributed by atoms with E-state index >= 15 is 0 Å². The topological polar surface area (TPSA) is 83.5 Å². The zero-order valence-corrected chi connectivity index (χ0v) is 10.2. The smallest absolute Gasteiger partial charge is 0.307 e. The Morgan fingerprint density at radius 3 is 2.27 bits per heavy atom. The van der Waals surface area contributed by atoms with Crippen LogP contribution in [0, 0.1) is 11.8 Å². The molecule has 0 aliphatic heterocycles. The van der Waals surface area contributed by atoms with E-state index in [4.69, 9.17) is 5.11 Å². The maximum Gasteiger partial charge on any atom is 0.307 e. The molecule has 6 heteroatoms. The van der Waals surface area contributed by atoms with E-state index in [1.165, 1.54) is 0 Å². The first kappa shape index (κ1) is 14.4. The minimum Gasteiger partial charge on any atom is -0.481 e. The highest BCUT2D eigenvalue weighted by Crippen LogP contribution is 2.03. The van der Waals surface area contributed by atoms with Crippen molar-refractivity contribution in [3.05, 3.63) is 0 Å². The molecule has 0 aliphatic carbocycles. The molecule has 0 amide bonds. The van der Waals surface area contributed by atoms with Gasteiger partial charge in [0.15, 0.2) is 0 Å². The van der Waals surface area contributed by atoms with Crippen LogP contribution in [0.5, 0.6) is 0 Å². The molecule has 0 aliphatic rings. The van der Waals surface area contributed by atoms with Crippen molar-refractivity contribution in [2.75, 3.05) is 12.3 Å². The minimum atomic E-state index is -3.33. The van der Waals surface area contributed by atoms with Gasteiger partial charge in [0.1, 0.15) is 0 Å². The molecule has 0 saturated heterocycles. The van der Waals surface area contributed by atoms with E-state index in [1.807, 2.05) is 0 Å². The summed E-state index contributed by atoms with van der Waals surface area (Å²) >= 11 is 0. The lowest BCUT2D eigenvalue weighted by Crippen LogP contribution is -2.35. The summed E-state index contributed by atoms with van der Waals surface area (Å²) in [4.78, 5) is 10.6. The number of aliphatic carboxylic acids is 1. The second-order valence-corrected chi connectivity index (χ2v) is 5.82. The van der Waals surface area contributed by atoms with Crippen LogP contribution in [0.1, 0.15) is 27.2 Å². The summed E-state index contributed by atoms with van der Waals surface area (Å²) in [5.41, 5.74) is 0. The summed E-state index contributed by atoms with van der Waals surface area (Å²) in [6, 6.07) is 0.